The number of nitrogens with two attached hydrogens (primary N) is 1. The van der Waals surface area contributed by atoms with E-state index in [4.69, 9.17) is 19.9 Å². The van der Waals surface area contributed by atoms with Crippen LogP contribution in [0.25, 0.3) is 0 Å². The molecule has 3 N–H and O–H groups in total. The molecule has 1 saturated heterocycles. The molecule has 1 aromatic carbocycles. The average molecular weight is 266 g/mol. The summed E-state index contributed by atoms with van der Waals surface area (Å²) < 4.78 is 15.9. The Morgan fingerprint density at radius 2 is 1.74 bits per heavy atom. The van der Waals surface area contributed by atoms with Gasteiger partial charge in [0.1, 0.15) is 0 Å². The van der Waals surface area contributed by atoms with Crippen LogP contribution in [0.1, 0.15) is 19.8 Å². The fourth-order valence-corrected chi connectivity index (χ4v) is 2.28. The lowest BCUT2D eigenvalue weighted by Crippen LogP contribution is -2.40. The van der Waals surface area contributed by atoms with Gasteiger partial charge in [0.05, 0.1) is 25.6 Å². The van der Waals surface area contributed by atoms with E-state index in [0.717, 1.165) is 31.7 Å². The lowest BCUT2D eigenvalue weighted by Gasteiger charge is -2.36. The normalized spacial score (nSPS) is 17.8. The highest BCUT2D eigenvalue weighted by atomic mass is 16.5. The van der Waals surface area contributed by atoms with Crippen molar-refractivity contribution in [3.8, 4) is 11.5 Å². The van der Waals surface area contributed by atoms with Crippen molar-refractivity contribution in [2.45, 2.75) is 25.3 Å². The van der Waals surface area contributed by atoms with E-state index in [1.54, 1.807) is 20.3 Å². The third-order valence-electron chi connectivity index (χ3n) is 3.59. The summed E-state index contributed by atoms with van der Waals surface area (Å²) in [5.41, 5.74) is 7.61. The van der Waals surface area contributed by atoms with Crippen LogP contribution in [-0.2, 0) is 4.74 Å². The van der Waals surface area contributed by atoms with Gasteiger partial charge in [-0.05, 0) is 19.8 Å². The highest BCUT2D eigenvalue weighted by Crippen LogP contribution is 2.37. The molecule has 1 aliphatic rings. The van der Waals surface area contributed by atoms with Gasteiger partial charge in [-0.1, -0.05) is 0 Å². The molecule has 0 unspecified atom stereocenters. The Bertz CT molecular complexity index is 443. The van der Waals surface area contributed by atoms with Crippen LogP contribution in [0.4, 0.5) is 11.4 Å². The van der Waals surface area contributed by atoms with Crippen LogP contribution in [-0.4, -0.2) is 33.0 Å². The molecule has 0 atom stereocenters. The molecule has 0 radical (unpaired) electrons. The largest absolute Gasteiger partial charge is 0.493 e. The molecule has 2 rings (SSSR count). The molecule has 1 heterocycles. The monoisotopic (exact) mass is 266 g/mol. The van der Waals surface area contributed by atoms with Crippen molar-refractivity contribution < 1.29 is 14.2 Å². The van der Waals surface area contributed by atoms with Crippen LogP contribution in [0, 0.1) is 0 Å². The molecule has 106 valence electrons. The smallest absolute Gasteiger partial charge is 0.162 e. The predicted molar refractivity (Wildman–Crippen MR) is 76.0 cm³/mol. The SMILES string of the molecule is COc1cc(N)c(NC2(C)CCOCC2)cc1OC. The van der Waals surface area contributed by atoms with Crippen molar-refractivity contribution in [3.05, 3.63) is 12.1 Å². The van der Waals surface area contributed by atoms with Gasteiger partial charge >= 0.3 is 0 Å². The maximum absolute atomic E-state index is 6.07. The van der Waals surface area contributed by atoms with Gasteiger partial charge in [0, 0.05) is 30.9 Å². The van der Waals surface area contributed by atoms with Crippen LogP contribution < -0.4 is 20.5 Å². The molecular weight excluding hydrogens is 244 g/mol. The molecule has 5 heteroatoms. The molecule has 5 nitrogen and oxygen atoms in total. The van der Waals surface area contributed by atoms with Gasteiger partial charge in [-0.2, -0.15) is 0 Å². The number of rotatable bonds is 4. The summed E-state index contributed by atoms with van der Waals surface area (Å²) in [6.45, 7) is 3.74. The fourth-order valence-electron chi connectivity index (χ4n) is 2.28. The van der Waals surface area contributed by atoms with E-state index in [-0.39, 0.29) is 5.54 Å². The molecule has 1 aliphatic heterocycles. The van der Waals surface area contributed by atoms with E-state index in [0.29, 0.717) is 17.2 Å². The van der Waals surface area contributed by atoms with Gasteiger partial charge in [0.25, 0.3) is 0 Å². The topological polar surface area (TPSA) is 65.7 Å². The number of hydrogen-bond acceptors (Lipinski definition) is 5. The van der Waals surface area contributed by atoms with Crippen LogP contribution in [0.15, 0.2) is 12.1 Å². The van der Waals surface area contributed by atoms with Crippen molar-refractivity contribution in [2.75, 3.05) is 38.5 Å². The summed E-state index contributed by atoms with van der Waals surface area (Å²) in [7, 11) is 3.22. The van der Waals surface area contributed by atoms with Gasteiger partial charge in [0.2, 0.25) is 0 Å². The van der Waals surface area contributed by atoms with Crippen LogP contribution in [0.3, 0.4) is 0 Å². The molecule has 0 spiro atoms. The molecule has 0 bridgehead atoms. The van der Waals surface area contributed by atoms with Crippen molar-refractivity contribution in [3.63, 3.8) is 0 Å². The zero-order chi connectivity index (χ0) is 13.9. The van der Waals surface area contributed by atoms with E-state index in [9.17, 15) is 0 Å². The minimum Gasteiger partial charge on any atom is -0.493 e. The number of benzene rings is 1. The van der Waals surface area contributed by atoms with Crippen molar-refractivity contribution >= 4 is 11.4 Å². The van der Waals surface area contributed by atoms with Crippen LogP contribution in [0.5, 0.6) is 11.5 Å². The van der Waals surface area contributed by atoms with Gasteiger partial charge in [0.15, 0.2) is 11.5 Å². The Kier molecular flexibility index (Phi) is 4.04. The third kappa shape index (κ3) is 3.04. The first-order valence-electron chi connectivity index (χ1n) is 6.45. The number of nitrogens with one attached hydrogen (secondary N) is 1. The van der Waals surface area contributed by atoms with E-state index < -0.39 is 0 Å². The molecule has 0 saturated carbocycles. The van der Waals surface area contributed by atoms with Gasteiger partial charge < -0.3 is 25.3 Å². The lowest BCUT2D eigenvalue weighted by molar-refractivity contribution is 0.0658. The minimum absolute atomic E-state index is 0.00592. The number of methoxy groups -OCH3 is 2. The number of anilines is 2. The zero-order valence-corrected chi connectivity index (χ0v) is 11.8. The summed E-state index contributed by atoms with van der Waals surface area (Å²) in [4.78, 5) is 0. The summed E-state index contributed by atoms with van der Waals surface area (Å²) in [6, 6.07) is 3.67. The quantitative estimate of drug-likeness (QED) is 0.818. The molecule has 1 fully saturated rings. The van der Waals surface area contributed by atoms with Gasteiger partial charge in [-0.15, -0.1) is 0 Å². The number of nitrogen functional groups attached to an aromatic ring is 1. The second-order valence-corrected chi connectivity index (χ2v) is 5.09. The molecule has 0 aliphatic carbocycles. The first-order chi connectivity index (χ1) is 9.08. The molecule has 1 aromatic rings. The summed E-state index contributed by atoms with van der Waals surface area (Å²) in [5, 5.41) is 3.51. The summed E-state index contributed by atoms with van der Waals surface area (Å²) in [6.07, 6.45) is 1.92. The number of ether oxygens (including phenoxy) is 3. The van der Waals surface area contributed by atoms with Crippen molar-refractivity contribution in [1.29, 1.82) is 0 Å². The first-order valence-corrected chi connectivity index (χ1v) is 6.45. The Labute approximate surface area is 114 Å². The van der Waals surface area contributed by atoms with Crippen LogP contribution >= 0.6 is 0 Å². The third-order valence-corrected chi connectivity index (χ3v) is 3.59. The van der Waals surface area contributed by atoms with Crippen molar-refractivity contribution in [1.82, 2.24) is 0 Å². The van der Waals surface area contributed by atoms with Gasteiger partial charge in [-0.25, -0.2) is 0 Å². The van der Waals surface area contributed by atoms with E-state index in [2.05, 4.69) is 12.2 Å². The Morgan fingerprint density at radius 1 is 1.16 bits per heavy atom. The first kappa shape index (κ1) is 13.8. The molecule has 0 aromatic heterocycles. The van der Waals surface area contributed by atoms with E-state index in [1.165, 1.54) is 0 Å². The standard InChI is InChI=1S/C14H22N2O3/c1-14(4-6-19-7-5-14)16-11-9-13(18-3)12(17-2)8-10(11)15/h8-9,16H,4-7,15H2,1-3H3. The molecule has 19 heavy (non-hydrogen) atoms. The Morgan fingerprint density at radius 3 is 2.32 bits per heavy atom. The second kappa shape index (κ2) is 5.57. The average Bonchev–Trinajstić information content (AvgIpc) is 2.41. The zero-order valence-electron chi connectivity index (χ0n) is 11.8. The molecule has 0 amide bonds. The lowest BCUT2D eigenvalue weighted by atomic mass is 9.92. The summed E-state index contributed by atoms with van der Waals surface area (Å²) >= 11 is 0. The fraction of sp³-hybridized carbons (Fsp3) is 0.571. The summed E-state index contributed by atoms with van der Waals surface area (Å²) in [5.74, 6) is 1.32. The van der Waals surface area contributed by atoms with Gasteiger partial charge in [-0.3, -0.25) is 0 Å². The highest BCUT2D eigenvalue weighted by Gasteiger charge is 2.28. The number of hydrogen-bond donors (Lipinski definition) is 2. The van der Waals surface area contributed by atoms with Crippen LogP contribution in [0.2, 0.25) is 0 Å². The second-order valence-electron chi connectivity index (χ2n) is 5.09. The maximum atomic E-state index is 6.07. The maximum Gasteiger partial charge on any atom is 0.162 e. The van der Waals surface area contributed by atoms with E-state index >= 15 is 0 Å². The van der Waals surface area contributed by atoms with E-state index in [1.807, 2.05) is 6.07 Å². The minimum atomic E-state index is 0.00592. The Hall–Kier alpha value is -1.62. The Balaban J connectivity index is 2.24. The highest BCUT2D eigenvalue weighted by molar-refractivity contribution is 5.72. The predicted octanol–water partition coefficient (Wildman–Crippen LogP) is 2.27. The van der Waals surface area contributed by atoms with Crippen molar-refractivity contribution in [2.24, 2.45) is 0 Å². The molecular formula is C14H22N2O3.